The fraction of sp³-hybridized carbons (Fsp3) is 0.150. The number of halogens is 3. The zero-order valence-corrected chi connectivity index (χ0v) is 16.3. The van der Waals surface area contributed by atoms with Gasteiger partial charge in [-0.05, 0) is 36.8 Å². The Balaban J connectivity index is 1.61. The van der Waals surface area contributed by atoms with Crippen LogP contribution in [-0.2, 0) is 4.79 Å². The molecule has 4 rings (SSSR count). The lowest BCUT2D eigenvalue weighted by molar-refractivity contribution is -0.118. The minimum absolute atomic E-state index is 0.0353. The van der Waals surface area contributed by atoms with Gasteiger partial charge in [-0.3, -0.25) is 9.59 Å². The van der Waals surface area contributed by atoms with Crippen LogP contribution in [0.1, 0.15) is 18.5 Å². The molecule has 1 aliphatic heterocycles. The molecule has 0 spiro atoms. The average molecular weight is 433 g/mol. The van der Waals surface area contributed by atoms with E-state index in [4.69, 9.17) is 16.3 Å². The number of nitrogens with zero attached hydrogens (tertiary/aromatic N) is 2. The third-order valence-electron chi connectivity index (χ3n) is 4.57. The van der Waals surface area contributed by atoms with E-state index in [1.54, 1.807) is 12.1 Å². The number of carbonyl (C=O) groups excluding carboxylic acids is 1. The molecule has 0 saturated heterocycles. The van der Waals surface area contributed by atoms with Gasteiger partial charge in [-0.15, -0.1) is 0 Å². The molecule has 30 heavy (non-hydrogen) atoms. The molecule has 0 aliphatic carbocycles. The van der Waals surface area contributed by atoms with Gasteiger partial charge in [0, 0.05) is 12.1 Å². The predicted molar refractivity (Wildman–Crippen MR) is 107 cm³/mol. The Morgan fingerprint density at radius 3 is 2.80 bits per heavy atom. The Kier molecular flexibility index (Phi) is 5.13. The van der Waals surface area contributed by atoms with Crippen LogP contribution in [0.3, 0.4) is 0 Å². The summed E-state index contributed by atoms with van der Waals surface area (Å²) >= 11 is 6.19. The van der Waals surface area contributed by atoms with Crippen LogP contribution in [0, 0.1) is 11.6 Å². The molecule has 2 aromatic carbocycles. The van der Waals surface area contributed by atoms with E-state index < -0.39 is 17.2 Å². The minimum atomic E-state index is -0.937. The minimum Gasteiger partial charge on any atom is -0.482 e. The summed E-state index contributed by atoms with van der Waals surface area (Å²) in [4.78, 5) is 24.1. The fourth-order valence-electron chi connectivity index (χ4n) is 3.04. The molecular formula is C20H15ClF2N4O3. The van der Waals surface area contributed by atoms with Crippen molar-refractivity contribution < 1.29 is 18.3 Å². The molecule has 2 heterocycles. The van der Waals surface area contributed by atoms with Crippen LogP contribution < -0.4 is 20.9 Å². The van der Waals surface area contributed by atoms with Crippen LogP contribution >= 0.6 is 11.6 Å². The number of aromatic nitrogens is 2. The number of ether oxygens (including phenoxy) is 1. The summed E-state index contributed by atoms with van der Waals surface area (Å²) in [6.45, 7) is 1.79. The van der Waals surface area contributed by atoms with Crippen molar-refractivity contribution in [2.45, 2.75) is 13.0 Å². The lowest BCUT2D eigenvalue weighted by Crippen LogP contribution is -2.25. The second-order valence-corrected chi connectivity index (χ2v) is 7.02. The molecule has 7 nitrogen and oxygen atoms in total. The van der Waals surface area contributed by atoms with E-state index in [9.17, 15) is 18.4 Å². The van der Waals surface area contributed by atoms with Gasteiger partial charge in [-0.1, -0.05) is 17.7 Å². The van der Waals surface area contributed by atoms with Crippen LogP contribution in [0.25, 0.3) is 5.69 Å². The second kappa shape index (κ2) is 7.75. The number of fused-ring (bicyclic) bond motifs is 1. The van der Waals surface area contributed by atoms with Crippen molar-refractivity contribution >= 4 is 28.9 Å². The highest BCUT2D eigenvalue weighted by Crippen LogP contribution is 2.32. The average Bonchev–Trinajstić information content (AvgIpc) is 2.71. The number of anilines is 2. The van der Waals surface area contributed by atoms with Crippen molar-refractivity contribution in [1.29, 1.82) is 0 Å². The number of hydrogen-bond acceptors (Lipinski definition) is 5. The molecule has 2 N–H and O–H groups in total. The number of rotatable bonds is 4. The van der Waals surface area contributed by atoms with Gasteiger partial charge in [0.1, 0.15) is 22.3 Å². The van der Waals surface area contributed by atoms with Crippen molar-refractivity contribution in [3.05, 3.63) is 75.2 Å². The molecule has 154 valence electrons. The first-order chi connectivity index (χ1) is 14.3. The molecule has 0 radical (unpaired) electrons. The number of benzene rings is 2. The molecular weight excluding hydrogens is 418 g/mol. The first kappa shape index (κ1) is 19.8. The quantitative estimate of drug-likeness (QED) is 0.657. The van der Waals surface area contributed by atoms with Crippen molar-refractivity contribution in [3.8, 4) is 11.4 Å². The van der Waals surface area contributed by atoms with Crippen LogP contribution in [0.2, 0.25) is 5.02 Å². The molecule has 3 aromatic rings. The van der Waals surface area contributed by atoms with E-state index in [-0.39, 0.29) is 35.0 Å². The summed E-state index contributed by atoms with van der Waals surface area (Å²) in [7, 11) is 0. The van der Waals surface area contributed by atoms with Gasteiger partial charge in [-0.2, -0.15) is 9.78 Å². The maximum atomic E-state index is 14.0. The highest BCUT2D eigenvalue weighted by molar-refractivity contribution is 6.33. The van der Waals surface area contributed by atoms with Gasteiger partial charge in [0.15, 0.2) is 12.4 Å². The Bertz CT molecular complexity index is 1220. The molecule has 0 fully saturated rings. The molecule has 1 aromatic heterocycles. The van der Waals surface area contributed by atoms with Gasteiger partial charge in [0.25, 0.3) is 11.5 Å². The highest BCUT2D eigenvalue weighted by atomic mass is 35.5. The number of carbonyl (C=O) groups is 1. The van der Waals surface area contributed by atoms with Gasteiger partial charge in [0.05, 0.1) is 17.6 Å². The standard InChI is InChI=1S/C20H15ClF2N4O3/c1-10(11-2-5-17-14(6-11)26-18(28)9-30-17)25-15-8-24-27(20(29)19(15)21)16-4-3-12(22)7-13(16)23/h2-8,10,25H,9H2,1H3,(H,26,28). The first-order valence-corrected chi connectivity index (χ1v) is 9.27. The third-order valence-corrected chi connectivity index (χ3v) is 4.93. The summed E-state index contributed by atoms with van der Waals surface area (Å²) in [5, 5.41) is 9.55. The van der Waals surface area contributed by atoms with E-state index in [0.717, 1.165) is 22.4 Å². The summed E-state index contributed by atoms with van der Waals surface area (Å²) in [5.41, 5.74) is 0.609. The summed E-state index contributed by atoms with van der Waals surface area (Å²) in [6.07, 6.45) is 1.28. The first-order valence-electron chi connectivity index (χ1n) is 8.90. The SMILES string of the molecule is CC(Nc1cnn(-c2ccc(F)cc2F)c(=O)c1Cl)c1ccc2c(c1)NC(=O)CO2. The van der Waals surface area contributed by atoms with Crippen molar-refractivity contribution in [3.63, 3.8) is 0 Å². The van der Waals surface area contributed by atoms with Crippen molar-refractivity contribution in [1.82, 2.24) is 9.78 Å². The van der Waals surface area contributed by atoms with Crippen molar-refractivity contribution in [2.24, 2.45) is 0 Å². The number of amides is 1. The van der Waals surface area contributed by atoms with Crippen LogP contribution in [0.5, 0.6) is 5.75 Å². The van der Waals surface area contributed by atoms with E-state index in [2.05, 4.69) is 15.7 Å². The van der Waals surface area contributed by atoms with E-state index >= 15 is 0 Å². The van der Waals surface area contributed by atoms with Crippen LogP contribution in [0.15, 0.2) is 47.4 Å². The molecule has 1 amide bonds. The molecule has 1 aliphatic rings. The fourth-order valence-corrected chi connectivity index (χ4v) is 3.23. The van der Waals surface area contributed by atoms with Crippen LogP contribution in [0.4, 0.5) is 20.2 Å². The normalized spacial score (nSPS) is 13.8. The maximum Gasteiger partial charge on any atom is 0.292 e. The van der Waals surface area contributed by atoms with E-state index in [1.807, 2.05) is 13.0 Å². The van der Waals surface area contributed by atoms with E-state index in [1.165, 1.54) is 6.20 Å². The van der Waals surface area contributed by atoms with Crippen LogP contribution in [-0.4, -0.2) is 22.3 Å². The monoisotopic (exact) mass is 432 g/mol. The van der Waals surface area contributed by atoms with Gasteiger partial charge in [-0.25, -0.2) is 8.78 Å². The zero-order chi connectivity index (χ0) is 21.4. The predicted octanol–water partition coefficient (Wildman–Crippen LogP) is 3.67. The lowest BCUT2D eigenvalue weighted by atomic mass is 10.1. The largest absolute Gasteiger partial charge is 0.482 e. The Hall–Kier alpha value is -3.46. The summed E-state index contributed by atoms with van der Waals surface area (Å²) in [5.74, 6) is -1.39. The molecule has 0 bridgehead atoms. The molecule has 1 atom stereocenters. The van der Waals surface area contributed by atoms with Gasteiger partial charge >= 0.3 is 0 Å². The van der Waals surface area contributed by atoms with Gasteiger partial charge in [0.2, 0.25) is 0 Å². The Morgan fingerprint density at radius 1 is 1.23 bits per heavy atom. The highest BCUT2D eigenvalue weighted by Gasteiger charge is 2.19. The summed E-state index contributed by atoms with van der Waals surface area (Å²) < 4.78 is 33.2. The number of nitrogens with one attached hydrogen (secondary N) is 2. The Labute approximate surface area is 174 Å². The Morgan fingerprint density at radius 2 is 2.03 bits per heavy atom. The van der Waals surface area contributed by atoms with Crippen molar-refractivity contribution in [2.75, 3.05) is 17.2 Å². The number of hydrogen-bond donors (Lipinski definition) is 2. The van der Waals surface area contributed by atoms with E-state index in [0.29, 0.717) is 17.5 Å². The smallest absolute Gasteiger partial charge is 0.292 e. The van der Waals surface area contributed by atoms with Gasteiger partial charge < -0.3 is 15.4 Å². The molecule has 10 heteroatoms. The second-order valence-electron chi connectivity index (χ2n) is 6.64. The molecule has 0 saturated carbocycles. The topological polar surface area (TPSA) is 85.3 Å². The zero-order valence-electron chi connectivity index (χ0n) is 15.6. The lowest BCUT2D eigenvalue weighted by Gasteiger charge is -2.21. The summed E-state index contributed by atoms with van der Waals surface area (Å²) in [6, 6.07) is 7.76. The third kappa shape index (κ3) is 3.71. The maximum absolute atomic E-state index is 14.0. The molecule has 1 unspecified atom stereocenters.